The molecule has 0 N–H and O–H groups in total. The van der Waals surface area contributed by atoms with Crippen LogP contribution >= 0.6 is 0 Å². The fourth-order valence-electron chi connectivity index (χ4n) is 1.32. The Morgan fingerprint density at radius 1 is 1.29 bits per heavy atom. The Labute approximate surface area is 96.7 Å². The van der Waals surface area contributed by atoms with Gasteiger partial charge in [-0.15, -0.1) is 0 Å². The van der Waals surface area contributed by atoms with E-state index in [1.165, 1.54) is 12.1 Å². The summed E-state index contributed by atoms with van der Waals surface area (Å²) in [5.74, 6) is 0. The lowest BCUT2D eigenvalue weighted by molar-refractivity contribution is -0.384. The van der Waals surface area contributed by atoms with Crippen molar-refractivity contribution in [1.82, 2.24) is 4.41 Å². The highest BCUT2D eigenvalue weighted by molar-refractivity contribution is 7.89. The Hall–Kier alpha value is -2.03. The lowest BCUT2D eigenvalue weighted by Crippen LogP contribution is -2.24. The van der Waals surface area contributed by atoms with E-state index in [0.717, 1.165) is 16.5 Å². The van der Waals surface area contributed by atoms with E-state index in [9.17, 15) is 18.5 Å². The minimum atomic E-state index is -3.73. The van der Waals surface area contributed by atoms with E-state index >= 15 is 0 Å². The number of sulfonamides is 1. The second-order valence-corrected chi connectivity index (χ2v) is 5.10. The summed E-state index contributed by atoms with van der Waals surface area (Å²) in [5, 5.41) is 17.5. The molecule has 0 saturated carbocycles. The normalized spacial score (nSPS) is 15.2. The summed E-state index contributed by atoms with van der Waals surface area (Å²) < 4.78 is 24.7. The maximum Gasteiger partial charge on any atom is 0.280 e. The molecule has 0 saturated heterocycles. The van der Waals surface area contributed by atoms with Gasteiger partial charge in [-0.3, -0.25) is 10.1 Å². The van der Waals surface area contributed by atoms with Crippen molar-refractivity contribution in [1.29, 1.82) is 0 Å². The Balaban J connectivity index is 2.34. The van der Waals surface area contributed by atoms with Crippen molar-refractivity contribution in [3.05, 3.63) is 34.4 Å². The Bertz CT molecular complexity index is 566. The second kappa shape index (κ2) is 4.09. The highest BCUT2D eigenvalue weighted by atomic mass is 32.2. The molecule has 0 aromatic heterocycles. The third kappa shape index (κ3) is 2.09. The molecule has 1 aromatic carbocycles. The summed E-state index contributed by atoms with van der Waals surface area (Å²) >= 11 is 0. The molecular formula is C8H8N4O4S. The third-order valence-corrected chi connectivity index (χ3v) is 3.86. The summed E-state index contributed by atoms with van der Waals surface area (Å²) in [7, 11) is -3.73. The fourth-order valence-corrected chi connectivity index (χ4v) is 2.51. The van der Waals surface area contributed by atoms with E-state index in [0.29, 0.717) is 6.54 Å². The molecule has 1 aliphatic heterocycles. The van der Waals surface area contributed by atoms with Crippen LogP contribution in [0.1, 0.15) is 0 Å². The summed E-state index contributed by atoms with van der Waals surface area (Å²) in [5.41, 5.74) is -0.160. The topological polar surface area (TPSA) is 105 Å². The molecule has 0 radical (unpaired) electrons. The molecule has 90 valence electrons. The smallest absolute Gasteiger partial charge is 0.258 e. The first kappa shape index (κ1) is 11.5. The lowest BCUT2D eigenvalue weighted by Gasteiger charge is -2.11. The van der Waals surface area contributed by atoms with Gasteiger partial charge in [0.1, 0.15) is 0 Å². The summed E-state index contributed by atoms with van der Waals surface area (Å²) in [6.07, 6.45) is 0. The van der Waals surface area contributed by atoms with Crippen molar-refractivity contribution in [3.8, 4) is 0 Å². The average molecular weight is 256 g/mol. The molecule has 0 bridgehead atoms. The average Bonchev–Trinajstić information content (AvgIpc) is 2.83. The van der Waals surface area contributed by atoms with Crippen molar-refractivity contribution < 1.29 is 13.3 Å². The van der Waals surface area contributed by atoms with Gasteiger partial charge in [0.25, 0.3) is 15.7 Å². The highest BCUT2D eigenvalue weighted by Gasteiger charge is 2.26. The number of non-ortho nitro benzene ring substituents is 1. The largest absolute Gasteiger partial charge is 0.280 e. The number of benzene rings is 1. The van der Waals surface area contributed by atoms with E-state index in [4.69, 9.17) is 0 Å². The first-order chi connectivity index (χ1) is 8.01. The molecule has 0 spiro atoms. The number of rotatable bonds is 3. The number of nitro groups is 1. The maximum atomic E-state index is 11.9. The highest BCUT2D eigenvalue weighted by Crippen LogP contribution is 2.21. The SMILES string of the molecule is O=[N+]([O-])c1ccc(S(=O)(=O)N2CCN=N2)cc1. The molecule has 0 amide bonds. The van der Waals surface area contributed by atoms with Gasteiger partial charge >= 0.3 is 0 Å². The Morgan fingerprint density at radius 2 is 1.94 bits per heavy atom. The van der Waals surface area contributed by atoms with Gasteiger partial charge in [0, 0.05) is 12.1 Å². The summed E-state index contributed by atoms with van der Waals surface area (Å²) in [6.45, 7) is 0.519. The van der Waals surface area contributed by atoms with Gasteiger partial charge < -0.3 is 0 Å². The van der Waals surface area contributed by atoms with Crippen molar-refractivity contribution in [2.75, 3.05) is 13.1 Å². The molecule has 8 nitrogen and oxygen atoms in total. The van der Waals surface area contributed by atoms with Gasteiger partial charge in [-0.1, -0.05) is 5.22 Å². The molecule has 1 aliphatic rings. The van der Waals surface area contributed by atoms with E-state index in [2.05, 4.69) is 10.3 Å². The molecule has 0 atom stereocenters. The van der Waals surface area contributed by atoms with Crippen LogP contribution in [0.15, 0.2) is 39.5 Å². The Morgan fingerprint density at radius 3 is 2.41 bits per heavy atom. The van der Waals surface area contributed by atoms with E-state index in [1.54, 1.807) is 0 Å². The lowest BCUT2D eigenvalue weighted by atomic mass is 10.3. The van der Waals surface area contributed by atoms with Gasteiger partial charge in [-0.2, -0.15) is 17.9 Å². The Kier molecular flexibility index (Phi) is 2.76. The van der Waals surface area contributed by atoms with Crippen LogP contribution in [0, 0.1) is 10.1 Å². The molecule has 1 heterocycles. The van der Waals surface area contributed by atoms with Crippen LogP contribution in [0.25, 0.3) is 0 Å². The molecule has 0 aliphatic carbocycles. The molecular weight excluding hydrogens is 248 g/mol. The van der Waals surface area contributed by atoms with Crippen molar-refractivity contribution >= 4 is 15.7 Å². The van der Waals surface area contributed by atoms with Gasteiger partial charge in [-0.05, 0) is 12.1 Å². The standard InChI is InChI=1S/C8H8N4O4S/c13-12(14)7-1-3-8(4-2-7)17(15,16)11-6-5-9-10-11/h1-4H,5-6H2. The molecule has 9 heteroatoms. The quantitative estimate of drug-likeness (QED) is 0.593. The van der Waals surface area contributed by atoms with Gasteiger partial charge in [0.05, 0.1) is 22.9 Å². The predicted molar refractivity (Wildman–Crippen MR) is 56.7 cm³/mol. The minimum Gasteiger partial charge on any atom is -0.258 e. The van der Waals surface area contributed by atoms with Crippen molar-refractivity contribution in [3.63, 3.8) is 0 Å². The van der Waals surface area contributed by atoms with Crippen LogP contribution in [0.2, 0.25) is 0 Å². The monoisotopic (exact) mass is 256 g/mol. The molecule has 0 fully saturated rings. The first-order valence-corrected chi connectivity index (χ1v) is 6.10. The summed E-state index contributed by atoms with van der Waals surface area (Å²) in [6, 6.07) is 4.64. The zero-order valence-electron chi connectivity index (χ0n) is 8.55. The van der Waals surface area contributed by atoms with Crippen molar-refractivity contribution in [2.24, 2.45) is 10.3 Å². The number of hydrogen-bond donors (Lipinski definition) is 0. The third-order valence-electron chi connectivity index (χ3n) is 2.18. The summed E-state index contributed by atoms with van der Waals surface area (Å²) in [4.78, 5) is 9.80. The van der Waals surface area contributed by atoms with Gasteiger partial charge in [0.2, 0.25) is 0 Å². The molecule has 2 rings (SSSR count). The number of nitro benzene ring substituents is 1. The van der Waals surface area contributed by atoms with Gasteiger partial charge in [-0.25, -0.2) is 0 Å². The van der Waals surface area contributed by atoms with Crippen LogP contribution in [-0.4, -0.2) is 30.8 Å². The maximum absolute atomic E-state index is 11.9. The predicted octanol–water partition coefficient (Wildman–Crippen LogP) is 0.966. The van der Waals surface area contributed by atoms with E-state index in [-0.39, 0.29) is 17.1 Å². The second-order valence-electron chi connectivity index (χ2n) is 3.26. The number of nitrogens with zero attached hydrogens (tertiary/aromatic N) is 4. The zero-order valence-corrected chi connectivity index (χ0v) is 9.37. The molecule has 0 unspecified atom stereocenters. The van der Waals surface area contributed by atoms with Crippen LogP contribution < -0.4 is 0 Å². The van der Waals surface area contributed by atoms with Gasteiger partial charge in [0.15, 0.2) is 0 Å². The minimum absolute atomic E-state index is 0.0380. The molecule has 17 heavy (non-hydrogen) atoms. The van der Waals surface area contributed by atoms with E-state index < -0.39 is 14.9 Å². The van der Waals surface area contributed by atoms with Crippen LogP contribution in [0.5, 0.6) is 0 Å². The van der Waals surface area contributed by atoms with Crippen LogP contribution in [-0.2, 0) is 10.0 Å². The van der Waals surface area contributed by atoms with E-state index in [1.807, 2.05) is 0 Å². The number of hydrogen-bond acceptors (Lipinski definition) is 6. The molecule has 1 aromatic rings. The van der Waals surface area contributed by atoms with Crippen molar-refractivity contribution in [2.45, 2.75) is 4.90 Å². The zero-order chi connectivity index (χ0) is 12.5. The van der Waals surface area contributed by atoms with Crippen LogP contribution in [0.3, 0.4) is 0 Å². The first-order valence-electron chi connectivity index (χ1n) is 4.66. The fraction of sp³-hybridized carbons (Fsp3) is 0.250. The van der Waals surface area contributed by atoms with Crippen LogP contribution in [0.4, 0.5) is 5.69 Å².